The number of methoxy groups -OCH3 is 1. The molecular formula is C18H13N3O5S2. The molecule has 8 nitrogen and oxygen atoms in total. The van der Waals surface area contributed by atoms with Gasteiger partial charge in [0, 0.05) is 12.1 Å². The van der Waals surface area contributed by atoms with Crippen molar-refractivity contribution in [2.75, 3.05) is 7.11 Å². The lowest BCUT2D eigenvalue weighted by Crippen LogP contribution is -2.44. The van der Waals surface area contributed by atoms with Crippen molar-refractivity contribution < 1.29 is 19.2 Å². The lowest BCUT2D eigenvalue weighted by molar-refractivity contribution is -0.384. The van der Waals surface area contributed by atoms with E-state index in [4.69, 9.17) is 17.0 Å². The first-order valence-electron chi connectivity index (χ1n) is 7.87. The number of hydrogen-bond acceptors (Lipinski definition) is 7. The van der Waals surface area contributed by atoms with Gasteiger partial charge in [0.2, 0.25) is 0 Å². The maximum atomic E-state index is 12.6. The number of ether oxygens (including phenoxy) is 1. The number of thiocarbonyl (C=S) groups is 1. The number of amides is 2. The normalized spacial score (nSPS) is 15.0. The number of thioether (sulfide) groups is 1. The molecule has 0 unspecified atom stereocenters. The van der Waals surface area contributed by atoms with Crippen LogP contribution in [-0.2, 0) is 4.79 Å². The first kappa shape index (κ1) is 19.5. The van der Waals surface area contributed by atoms with Crippen LogP contribution >= 0.6 is 24.0 Å². The van der Waals surface area contributed by atoms with Crippen LogP contribution in [0.1, 0.15) is 15.9 Å². The van der Waals surface area contributed by atoms with Gasteiger partial charge >= 0.3 is 0 Å². The first-order chi connectivity index (χ1) is 13.4. The van der Waals surface area contributed by atoms with Gasteiger partial charge in [-0.25, -0.2) is 0 Å². The van der Waals surface area contributed by atoms with Crippen LogP contribution in [0.4, 0.5) is 5.69 Å². The Labute approximate surface area is 169 Å². The number of hydrogen-bond donors (Lipinski definition) is 1. The van der Waals surface area contributed by atoms with E-state index in [2.05, 4.69) is 5.43 Å². The molecule has 28 heavy (non-hydrogen) atoms. The molecule has 0 radical (unpaired) electrons. The molecule has 0 atom stereocenters. The van der Waals surface area contributed by atoms with Crippen molar-refractivity contribution in [2.24, 2.45) is 0 Å². The number of non-ortho nitro benzene ring substituents is 1. The van der Waals surface area contributed by atoms with Crippen LogP contribution < -0.4 is 10.2 Å². The molecule has 142 valence electrons. The summed E-state index contributed by atoms with van der Waals surface area (Å²) in [4.78, 5) is 35.6. The summed E-state index contributed by atoms with van der Waals surface area (Å²) in [5, 5.41) is 11.7. The van der Waals surface area contributed by atoms with Crippen LogP contribution in [0.25, 0.3) is 6.08 Å². The Morgan fingerprint density at radius 1 is 1.25 bits per heavy atom. The first-order valence-corrected chi connectivity index (χ1v) is 9.09. The molecule has 0 aliphatic carbocycles. The van der Waals surface area contributed by atoms with Gasteiger partial charge < -0.3 is 4.74 Å². The van der Waals surface area contributed by atoms with Crippen LogP contribution in [0.3, 0.4) is 0 Å². The largest absolute Gasteiger partial charge is 0.496 e. The number of carbonyl (C=O) groups excluding carboxylic acids is 2. The van der Waals surface area contributed by atoms with Crippen molar-refractivity contribution in [3.8, 4) is 5.75 Å². The van der Waals surface area contributed by atoms with E-state index in [1.165, 1.54) is 31.4 Å². The number of carbonyl (C=O) groups is 2. The molecule has 1 heterocycles. The minimum absolute atomic E-state index is 0.0474. The Morgan fingerprint density at radius 2 is 1.93 bits per heavy atom. The van der Waals surface area contributed by atoms with Crippen LogP contribution in [0.5, 0.6) is 5.75 Å². The fraction of sp³-hybridized carbons (Fsp3) is 0.0556. The average Bonchev–Trinajstić information content (AvgIpc) is 2.95. The lowest BCUT2D eigenvalue weighted by Gasteiger charge is -2.16. The number of nitro groups is 1. The van der Waals surface area contributed by atoms with Gasteiger partial charge in [-0.3, -0.25) is 25.1 Å². The van der Waals surface area contributed by atoms with Gasteiger partial charge in [0.05, 0.1) is 22.5 Å². The Morgan fingerprint density at radius 3 is 2.57 bits per heavy atom. The number of rotatable bonds is 5. The quantitative estimate of drug-likeness (QED) is 0.346. The predicted molar refractivity (Wildman–Crippen MR) is 109 cm³/mol. The highest BCUT2D eigenvalue weighted by Gasteiger charge is 2.34. The highest BCUT2D eigenvalue weighted by Crippen LogP contribution is 2.32. The van der Waals surface area contributed by atoms with Crippen LogP contribution in [-0.4, -0.2) is 33.2 Å². The molecule has 1 N–H and O–H groups in total. The summed E-state index contributed by atoms with van der Waals surface area (Å²) in [6.07, 6.45) is 1.55. The van der Waals surface area contributed by atoms with Gasteiger partial charge in [-0.1, -0.05) is 23.9 Å². The Hall–Kier alpha value is -3.24. The predicted octanol–water partition coefficient (Wildman–Crippen LogP) is 3.15. The number of nitrogens with zero attached hydrogens (tertiary/aromatic N) is 2. The minimum Gasteiger partial charge on any atom is -0.496 e. The maximum Gasteiger partial charge on any atom is 0.285 e. The summed E-state index contributed by atoms with van der Waals surface area (Å²) >= 11 is 6.21. The summed E-state index contributed by atoms with van der Waals surface area (Å²) < 4.78 is 5.32. The van der Waals surface area contributed by atoms with Crippen LogP contribution in [0.2, 0.25) is 0 Å². The van der Waals surface area contributed by atoms with Crippen LogP contribution in [0.15, 0.2) is 53.4 Å². The summed E-state index contributed by atoms with van der Waals surface area (Å²) in [5.74, 6) is -0.659. The maximum absolute atomic E-state index is 12.6. The molecule has 0 aromatic heterocycles. The van der Waals surface area contributed by atoms with E-state index in [0.29, 0.717) is 16.2 Å². The second-order valence-electron chi connectivity index (χ2n) is 5.51. The molecule has 1 fully saturated rings. The number of hydrazine groups is 1. The van der Waals surface area contributed by atoms with E-state index in [9.17, 15) is 19.7 Å². The van der Waals surface area contributed by atoms with Crippen molar-refractivity contribution in [3.63, 3.8) is 0 Å². The molecule has 2 aromatic rings. The third-order valence-corrected chi connectivity index (χ3v) is 5.06. The second kappa shape index (κ2) is 8.19. The van der Waals surface area contributed by atoms with Gasteiger partial charge in [-0.05, 0) is 48.1 Å². The summed E-state index contributed by atoms with van der Waals surface area (Å²) in [6, 6.07) is 12.3. The molecule has 1 saturated heterocycles. The third kappa shape index (κ3) is 4.02. The smallest absolute Gasteiger partial charge is 0.285 e. The van der Waals surface area contributed by atoms with Gasteiger partial charge in [-0.2, -0.15) is 5.01 Å². The molecule has 1 aliphatic heterocycles. The van der Waals surface area contributed by atoms with Gasteiger partial charge in [0.15, 0.2) is 4.32 Å². The van der Waals surface area contributed by atoms with Gasteiger partial charge in [0.25, 0.3) is 17.5 Å². The zero-order chi connectivity index (χ0) is 20.3. The SMILES string of the molecule is COc1ccccc1C(=O)NN1C(=O)/C(=C\c2ccc([N+](=O)[O-])cc2)SC1=S. The van der Waals surface area contributed by atoms with Gasteiger partial charge in [-0.15, -0.1) is 0 Å². The fourth-order valence-corrected chi connectivity index (χ4v) is 3.58. The Balaban J connectivity index is 1.78. The molecule has 10 heteroatoms. The Kier molecular flexibility index (Phi) is 5.71. The summed E-state index contributed by atoms with van der Waals surface area (Å²) in [5.41, 5.74) is 3.30. The Bertz CT molecular complexity index is 1000. The van der Waals surface area contributed by atoms with E-state index in [0.717, 1.165) is 16.8 Å². The van der Waals surface area contributed by atoms with E-state index in [-0.39, 0.29) is 15.6 Å². The monoisotopic (exact) mass is 415 g/mol. The molecule has 2 amide bonds. The van der Waals surface area contributed by atoms with E-state index in [1.807, 2.05) is 0 Å². The number of para-hydroxylation sites is 1. The average molecular weight is 415 g/mol. The molecular weight excluding hydrogens is 402 g/mol. The zero-order valence-electron chi connectivity index (χ0n) is 14.4. The molecule has 1 aliphatic rings. The van der Waals surface area contributed by atoms with Crippen LogP contribution in [0, 0.1) is 10.1 Å². The summed E-state index contributed by atoms with van der Waals surface area (Å²) in [7, 11) is 1.44. The highest BCUT2D eigenvalue weighted by atomic mass is 32.2. The highest BCUT2D eigenvalue weighted by molar-refractivity contribution is 8.26. The molecule has 0 saturated carbocycles. The van der Waals surface area contributed by atoms with E-state index < -0.39 is 16.7 Å². The van der Waals surface area contributed by atoms with E-state index in [1.54, 1.807) is 30.3 Å². The molecule has 3 rings (SSSR count). The number of nitrogens with one attached hydrogen (secondary N) is 1. The molecule has 0 bridgehead atoms. The summed E-state index contributed by atoms with van der Waals surface area (Å²) in [6.45, 7) is 0. The van der Waals surface area contributed by atoms with Crippen molar-refractivity contribution in [1.29, 1.82) is 0 Å². The number of nitro benzene ring substituents is 1. The molecule has 0 spiro atoms. The van der Waals surface area contributed by atoms with Crippen molar-refractivity contribution >= 4 is 51.9 Å². The standard InChI is InChI=1S/C18H13N3O5S2/c1-26-14-5-3-2-4-13(14)16(22)19-20-17(23)15(28-18(20)27)10-11-6-8-12(9-7-11)21(24)25/h2-10H,1H3,(H,19,22)/b15-10+. The lowest BCUT2D eigenvalue weighted by atomic mass is 10.2. The third-order valence-electron chi connectivity index (χ3n) is 3.76. The van der Waals surface area contributed by atoms with Gasteiger partial charge in [0.1, 0.15) is 5.75 Å². The number of benzene rings is 2. The van der Waals surface area contributed by atoms with E-state index >= 15 is 0 Å². The molecule has 2 aromatic carbocycles. The van der Waals surface area contributed by atoms with Crippen molar-refractivity contribution in [3.05, 3.63) is 74.7 Å². The fourth-order valence-electron chi connectivity index (χ4n) is 2.40. The zero-order valence-corrected chi connectivity index (χ0v) is 16.1. The second-order valence-corrected chi connectivity index (χ2v) is 7.18. The van der Waals surface area contributed by atoms with Crippen molar-refractivity contribution in [1.82, 2.24) is 10.4 Å². The topological polar surface area (TPSA) is 102 Å². The van der Waals surface area contributed by atoms with Crippen molar-refractivity contribution in [2.45, 2.75) is 0 Å². The minimum atomic E-state index is -0.537.